The molecular weight excluding hydrogens is 218 g/mol. The Morgan fingerprint density at radius 2 is 1.94 bits per heavy atom. The van der Waals surface area contributed by atoms with Crippen LogP contribution in [-0.2, 0) is 0 Å². The Morgan fingerprint density at radius 1 is 1.11 bits per heavy atom. The summed E-state index contributed by atoms with van der Waals surface area (Å²) >= 11 is 0. The van der Waals surface area contributed by atoms with E-state index in [1.165, 1.54) is 48.8 Å². The van der Waals surface area contributed by atoms with Gasteiger partial charge in [0, 0.05) is 24.2 Å². The molecule has 0 bridgehead atoms. The highest BCUT2D eigenvalue weighted by Gasteiger charge is 2.22. The highest BCUT2D eigenvalue weighted by molar-refractivity contribution is 5.94. The number of rotatable bonds is 3. The molecule has 94 valence electrons. The van der Waals surface area contributed by atoms with Gasteiger partial charge >= 0.3 is 0 Å². The van der Waals surface area contributed by atoms with Crippen LogP contribution in [0, 0.1) is 5.92 Å². The van der Waals surface area contributed by atoms with Gasteiger partial charge in [0.25, 0.3) is 0 Å². The second-order valence-electron chi connectivity index (χ2n) is 5.39. The van der Waals surface area contributed by atoms with Crippen molar-refractivity contribution in [2.45, 2.75) is 26.2 Å². The SMILES string of the molecule is CCCC1CCN(c2cccc3ccccc23)C1. The largest absolute Gasteiger partial charge is 0.371 e. The summed E-state index contributed by atoms with van der Waals surface area (Å²) in [5.74, 6) is 0.897. The zero-order valence-corrected chi connectivity index (χ0v) is 11.1. The summed E-state index contributed by atoms with van der Waals surface area (Å²) in [4.78, 5) is 2.57. The fourth-order valence-electron chi connectivity index (χ4n) is 3.18. The monoisotopic (exact) mass is 239 g/mol. The van der Waals surface area contributed by atoms with Crippen LogP contribution in [0.3, 0.4) is 0 Å². The standard InChI is InChI=1S/C17H21N/c1-2-6-14-11-12-18(13-14)17-10-5-8-15-7-3-4-9-16(15)17/h3-5,7-10,14H,2,6,11-13H2,1H3. The maximum Gasteiger partial charge on any atom is 0.0445 e. The lowest BCUT2D eigenvalue weighted by atomic mass is 10.0. The highest BCUT2D eigenvalue weighted by atomic mass is 15.1. The van der Waals surface area contributed by atoms with E-state index in [-0.39, 0.29) is 0 Å². The summed E-state index contributed by atoms with van der Waals surface area (Å²) in [6, 6.07) is 15.4. The molecule has 1 aliphatic heterocycles. The normalized spacial score (nSPS) is 19.6. The first kappa shape index (κ1) is 11.6. The van der Waals surface area contributed by atoms with Crippen molar-refractivity contribution in [2.24, 2.45) is 5.92 Å². The van der Waals surface area contributed by atoms with Crippen LogP contribution in [0.5, 0.6) is 0 Å². The van der Waals surface area contributed by atoms with Gasteiger partial charge in [-0.25, -0.2) is 0 Å². The molecule has 0 aromatic heterocycles. The Morgan fingerprint density at radius 3 is 2.83 bits per heavy atom. The molecule has 1 unspecified atom stereocenters. The molecule has 1 saturated heterocycles. The molecule has 0 amide bonds. The number of hydrogen-bond acceptors (Lipinski definition) is 1. The van der Waals surface area contributed by atoms with E-state index in [1.54, 1.807) is 0 Å². The van der Waals surface area contributed by atoms with E-state index in [2.05, 4.69) is 54.3 Å². The van der Waals surface area contributed by atoms with Crippen molar-refractivity contribution in [1.82, 2.24) is 0 Å². The molecule has 0 spiro atoms. The Balaban J connectivity index is 1.91. The van der Waals surface area contributed by atoms with Crippen LogP contribution in [0.2, 0.25) is 0 Å². The van der Waals surface area contributed by atoms with E-state index in [0.29, 0.717) is 0 Å². The van der Waals surface area contributed by atoms with E-state index >= 15 is 0 Å². The Bertz CT molecular complexity index is 527. The van der Waals surface area contributed by atoms with Crippen LogP contribution in [0.1, 0.15) is 26.2 Å². The van der Waals surface area contributed by atoms with Crippen LogP contribution < -0.4 is 4.90 Å². The molecule has 0 N–H and O–H groups in total. The first-order valence-electron chi connectivity index (χ1n) is 7.11. The summed E-state index contributed by atoms with van der Waals surface area (Å²) in [6.45, 7) is 4.75. The Kier molecular flexibility index (Phi) is 3.22. The van der Waals surface area contributed by atoms with E-state index in [9.17, 15) is 0 Å². The minimum Gasteiger partial charge on any atom is -0.371 e. The first-order chi connectivity index (χ1) is 8.88. The van der Waals surface area contributed by atoms with Crippen LogP contribution in [0.15, 0.2) is 42.5 Å². The minimum atomic E-state index is 0.897. The average Bonchev–Trinajstić information content (AvgIpc) is 2.87. The third kappa shape index (κ3) is 2.10. The summed E-state index contributed by atoms with van der Waals surface area (Å²) in [7, 11) is 0. The number of benzene rings is 2. The molecule has 0 radical (unpaired) electrons. The van der Waals surface area contributed by atoms with Gasteiger partial charge in [-0.1, -0.05) is 49.7 Å². The number of hydrogen-bond donors (Lipinski definition) is 0. The van der Waals surface area contributed by atoms with Crippen molar-refractivity contribution >= 4 is 16.5 Å². The van der Waals surface area contributed by atoms with E-state index in [4.69, 9.17) is 0 Å². The average molecular weight is 239 g/mol. The second kappa shape index (κ2) is 5.01. The highest BCUT2D eigenvalue weighted by Crippen LogP contribution is 2.31. The summed E-state index contributed by atoms with van der Waals surface area (Å²) in [5, 5.41) is 2.76. The quantitative estimate of drug-likeness (QED) is 0.764. The molecule has 1 fully saturated rings. The maximum atomic E-state index is 2.57. The molecule has 1 nitrogen and oxygen atoms in total. The topological polar surface area (TPSA) is 3.24 Å². The van der Waals surface area contributed by atoms with Gasteiger partial charge in [-0.15, -0.1) is 0 Å². The third-order valence-electron chi connectivity index (χ3n) is 4.09. The lowest BCUT2D eigenvalue weighted by Gasteiger charge is -2.20. The van der Waals surface area contributed by atoms with Gasteiger partial charge in [-0.05, 0) is 30.2 Å². The fourth-order valence-corrected chi connectivity index (χ4v) is 3.18. The zero-order valence-electron chi connectivity index (χ0n) is 11.1. The van der Waals surface area contributed by atoms with Crippen LogP contribution in [-0.4, -0.2) is 13.1 Å². The van der Waals surface area contributed by atoms with Gasteiger partial charge in [0.1, 0.15) is 0 Å². The summed E-state index contributed by atoms with van der Waals surface area (Å²) in [5.41, 5.74) is 1.42. The molecule has 1 aliphatic rings. The number of nitrogens with zero attached hydrogens (tertiary/aromatic N) is 1. The first-order valence-corrected chi connectivity index (χ1v) is 7.11. The maximum absolute atomic E-state index is 2.57. The van der Waals surface area contributed by atoms with Gasteiger partial charge < -0.3 is 4.90 Å². The van der Waals surface area contributed by atoms with Crippen LogP contribution in [0.4, 0.5) is 5.69 Å². The molecule has 1 heteroatoms. The van der Waals surface area contributed by atoms with Crippen molar-refractivity contribution in [2.75, 3.05) is 18.0 Å². The van der Waals surface area contributed by atoms with Crippen LogP contribution >= 0.6 is 0 Å². The molecule has 2 aromatic rings. The lowest BCUT2D eigenvalue weighted by molar-refractivity contribution is 0.530. The molecule has 0 saturated carbocycles. The number of fused-ring (bicyclic) bond motifs is 1. The van der Waals surface area contributed by atoms with E-state index in [1.807, 2.05) is 0 Å². The molecule has 3 rings (SSSR count). The van der Waals surface area contributed by atoms with E-state index in [0.717, 1.165) is 5.92 Å². The predicted octanol–water partition coefficient (Wildman–Crippen LogP) is 4.47. The van der Waals surface area contributed by atoms with E-state index < -0.39 is 0 Å². The zero-order chi connectivity index (χ0) is 12.4. The number of anilines is 1. The second-order valence-corrected chi connectivity index (χ2v) is 5.39. The van der Waals surface area contributed by atoms with Crippen molar-refractivity contribution in [1.29, 1.82) is 0 Å². The van der Waals surface area contributed by atoms with Gasteiger partial charge in [0.05, 0.1) is 0 Å². The van der Waals surface area contributed by atoms with Gasteiger partial charge in [0.2, 0.25) is 0 Å². The fraction of sp³-hybridized carbons (Fsp3) is 0.412. The Labute approximate surface area is 109 Å². The molecule has 18 heavy (non-hydrogen) atoms. The third-order valence-corrected chi connectivity index (χ3v) is 4.09. The van der Waals surface area contributed by atoms with Crippen molar-refractivity contribution in [3.8, 4) is 0 Å². The molecular formula is C17H21N. The van der Waals surface area contributed by atoms with Crippen LogP contribution in [0.25, 0.3) is 10.8 Å². The van der Waals surface area contributed by atoms with Crippen molar-refractivity contribution in [3.63, 3.8) is 0 Å². The molecule has 2 aromatic carbocycles. The van der Waals surface area contributed by atoms with Gasteiger partial charge in [-0.3, -0.25) is 0 Å². The van der Waals surface area contributed by atoms with Crippen molar-refractivity contribution < 1.29 is 0 Å². The summed E-state index contributed by atoms with van der Waals surface area (Å²) in [6.07, 6.45) is 4.05. The van der Waals surface area contributed by atoms with Crippen molar-refractivity contribution in [3.05, 3.63) is 42.5 Å². The minimum absolute atomic E-state index is 0.897. The van der Waals surface area contributed by atoms with Gasteiger partial charge in [0.15, 0.2) is 0 Å². The predicted molar refractivity (Wildman–Crippen MR) is 79.2 cm³/mol. The van der Waals surface area contributed by atoms with Gasteiger partial charge in [-0.2, -0.15) is 0 Å². The lowest BCUT2D eigenvalue weighted by Crippen LogP contribution is -2.19. The molecule has 1 atom stereocenters. The summed E-state index contributed by atoms with van der Waals surface area (Å²) < 4.78 is 0. The molecule has 1 heterocycles. The Hall–Kier alpha value is -1.50. The molecule has 0 aliphatic carbocycles. The smallest absolute Gasteiger partial charge is 0.0445 e.